The fourth-order valence-corrected chi connectivity index (χ4v) is 1.59. The number of carbonyl (C=O) groups is 1. The lowest BCUT2D eigenvalue weighted by Crippen LogP contribution is -2.14. The zero-order valence-electron chi connectivity index (χ0n) is 10.3. The van der Waals surface area contributed by atoms with Gasteiger partial charge in [-0.3, -0.25) is 14.9 Å². The maximum Gasteiger partial charge on any atom is 0.304 e. The quantitative estimate of drug-likeness (QED) is 0.698. The van der Waals surface area contributed by atoms with E-state index in [1.807, 2.05) is 0 Å². The lowest BCUT2D eigenvalue weighted by atomic mass is 10.1. The van der Waals surface area contributed by atoms with Gasteiger partial charge in [0.15, 0.2) is 11.6 Å². The number of amides is 1. The Hall–Kier alpha value is -2.90. The minimum absolute atomic E-state index is 0.262. The van der Waals surface area contributed by atoms with Crippen molar-refractivity contribution < 1.29 is 22.9 Å². The first kappa shape index (κ1) is 14.5. The van der Waals surface area contributed by atoms with Gasteiger partial charge in [-0.05, 0) is 24.3 Å². The van der Waals surface area contributed by atoms with Crippen molar-refractivity contribution in [2.24, 2.45) is 0 Å². The van der Waals surface area contributed by atoms with Crippen molar-refractivity contribution in [1.82, 2.24) is 0 Å². The number of nitrogens with one attached hydrogen (secondary N) is 1. The molecule has 108 valence electrons. The van der Waals surface area contributed by atoms with Gasteiger partial charge in [-0.25, -0.2) is 8.78 Å². The average molecular weight is 296 g/mol. The molecule has 0 bridgehead atoms. The van der Waals surface area contributed by atoms with E-state index in [4.69, 9.17) is 0 Å². The third-order valence-electron chi connectivity index (χ3n) is 2.61. The highest BCUT2D eigenvalue weighted by atomic mass is 19.2. The first-order chi connectivity index (χ1) is 9.90. The SMILES string of the molecule is O=C(Nc1cccc(F)c1F)c1ccc([N+](=O)[O-])c(F)c1. The molecule has 0 aliphatic rings. The Balaban J connectivity index is 2.27. The van der Waals surface area contributed by atoms with E-state index in [0.29, 0.717) is 6.07 Å². The number of hydrogen-bond donors (Lipinski definition) is 1. The number of hydrogen-bond acceptors (Lipinski definition) is 3. The number of anilines is 1. The fourth-order valence-electron chi connectivity index (χ4n) is 1.59. The first-order valence-electron chi connectivity index (χ1n) is 5.59. The maximum absolute atomic E-state index is 13.4. The molecule has 0 aliphatic carbocycles. The summed E-state index contributed by atoms with van der Waals surface area (Å²) in [5, 5.41) is 12.5. The summed E-state index contributed by atoms with van der Waals surface area (Å²) in [6.07, 6.45) is 0. The third-order valence-corrected chi connectivity index (χ3v) is 2.61. The van der Waals surface area contributed by atoms with Gasteiger partial charge in [0.05, 0.1) is 10.6 Å². The van der Waals surface area contributed by atoms with Gasteiger partial charge in [-0.15, -0.1) is 0 Å². The smallest absolute Gasteiger partial charge is 0.304 e. The summed E-state index contributed by atoms with van der Waals surface area (Å²) in [5.41, 5.74) is -1.47. The van der Waals surface area contributed by atoms with Crippen LogP contribution in [0.25, 0.3) is 0 Å². The second-order valence-electron chi connectivity index (χ2n) is 3.98. The molecule has 5 nitrogen and oxygen atoms in total. The van der Waals surface area contributed by atoms with Crippen LogP contribution in [0, 0.1) is 27.6 Å². The average Bonchev–Trinajstić information content (AvgIpc) is 2.43. The van der Waals surface area contributed by atoms with Crippen LogP contribution in [0.4, 0.5) is 24.5 Å². The van der Waals surface area contributed by atoms with Crippen LogP contribution in [-0.4, -0.2) is 10.8 Å². The molecule has 2 aromatic carbocycles. The molecule has 0 fully saturated rings. The summed E-state index contributed by atoms with van der Waals surface area (Å²) in [7, 11) is 0. The maximum atomic E-state index is 13.4. The van der Waals surface area contributed by atoms with Gasteiger partial charge in [0, 0.05) is 11.6 Å². The van der Waals surface area contributed by atoms with E-state index in [0.717, 1.165) is 24.3 Å². The second-order valence-corrected chi connectivity index (χ2v) is 3.98. The number of nitro groups is 1. The Morgan fingerprint density at radius 2 is 1.81 bits per heavy atom. The standard InChI is InChI=1S/C13H7F3N2O3/c14-8-2-1-3-10(12(8)16)17-13(19)7-4-5-11(18(20)21)9(15)6-7/h1-6H,(H,17,19). The third kappa shape index (κ3) is 2.99. The molecule has 0 saturated carbocycles. The minimum Gasteiger partial charge on any atom is -0.319 e. The summed E-state index contributed by atoms with van der Waals surface area (Å²) in [6.45, 7) is 0. The van der Waals surface area contributed by atoms with Crippen LogP contribution in [0.3, 0.4) is 0 Å². The minimum atomic E-state index is -1.26. The Bertz CT molecular complexity index is 735. The van der Waals surface area contributed by atoms with Gasteiger partial charge in [-0.2, -0.15) is 4.39 Å². The Morgan fingerprint density at radius 3 is 2.43 bits per heavy atom. The van der Waals surface area contributed by atoms with Gasteiger partial charge < -0.3 is 5.32 Å². The van der Waals surface area contributed by atoms with Crippen LogP contribution in [0.2, 0.25) is 0 Å². The van der Waals surface area contributed by atoms with E-state index >= 15 is 0 Å². The lowest BCUT2D eigenvalue weighted by Gasteiger charge is -2.07. The highest BCUT2D eigenvalue weighted by Crippen LogP contribution is 2.20. The molecule has 0 saturated heterocycles. The summed E-state index contributed by atoms with van der Waals surface area (Å²) in [4.78, 5) is 21.3. The van der Waals surface area contributed by atoms with E-state index in [1.54, 1.807) is 0 Å². The molecule has 0 unspecified atom stereocenters. The molecule has 1 amide bonds. The highest BCUT2D eigenvalue weighted by Gasteiger charge is 2.18. The van der Waals surface area contributed by atoms with Crippen molar-refractivity contribution in [2.45, 2.75) is 0 Å². The van der Waals surface area contributed by atoms with Gasteiger partial charge in [0.25, 0.3) is 5.91 Å². The van der Waals surface area contributed by atoms with Crippen molar-refractivity contribution >= 4 is 17.3 Å². The van der Waals surface area contributed by atoms with E-state index < -0.39 is 39.7 Å². The monoisotopic (exact) mass is 296 g/mol. The fraction of sp³-hybridized carbons (Fsp3) is 0. The molecule has 0 spiro atoms. The molecule has 0 atom stereocenters. The van der Waals surface area contributed by atoms with Crippen molar-refractivity contribution in [3.8, 4) is 0 Å². The predicted octanol–water partition coefficient (Wildman–Crippen LogP) is 3.26. The van der Waals surface area contributed by atoms with Crippen LogP contribution in [-0.2, 0) is 0 Å². The summed E-state index contributed by atoms with van der Waals surface area (Å²) >= 11 is 0. The number of rotatable bonds is 3. The molecule has 2 aromatic rings. The van der Waals surface area contributed by atoms with Crippen LogP contribution in [0.5, 0.6) is 0 Å². The highest BCUT2D eigenvalue weighted by molar-refractivity contribution is 6.04. The Labute approximate surface area is 116 Å². The van der Waals surface area contributed by atoms with Crippen LogP contribution < -0.4 is 5.32 Å². The molecule has 8 heteroatoms. The van der Waals surface area contributed by atoms with E-state index in [9.17, 15) is 28.1 Å². The van der Waals surface area contributed by atoms with E-state index in [2.05, 4.69) is 5.32 Å². The molecule has 2 rings (SSSR count). The van der Waals surface area contributed by atoms with Crippen molar-refractivity contribution in [3.63, 3.8) is 0 Å². The number of nitrogens with zero attached hydrogens (tertiary/aromatic N) is 1. The Morgan fingerprint density at radius 1 is 1.10 bits per heavy atom. The van der Waals surface area contributed by atoms with Crippen LogP contribution >= 0.6 is 0 Å². The summed E-state index contributed by atoms with van der Waals surface area (Å²) in [6, 6.07) is 5.64. The lowest BCUT2D eigenvalue weighted by molar-refractivity contribution is -0.387. The predicted molar refractivity (Wildman–Crippen MR) is 67.4 cm³/mol. The zero-order chi connectivity index (χ0) is 15.6. The summed E-state index contributed by atoms with van der Waals surface area (Å²) < 4.78 is 39.7. The summed E-state index contributed by atoms with van der Waals surface area (Å²) in [5.74, 6) is -4.53. The van der Waals surface area contributed by atoms with Crippen LogP contribution in [0.15, 0.2) is 36.4 Å². The van der Waals surface area contributed by atoms with Gasteiger partial charge in [0.2, 0.25) is 5.82 Å². The van der Waals surface area contributed by atoms with Gasteiger partial charge in [0.1, 0.15) is 0 Å². The zero-order valence-corrected chi connectivity index (χ0v) is 10.3. The topological polar surface area (TPSA) is 72.2 Å². The number of carbonyl (C=O) groups excluding carboxylic acids is 1. The molecular weight excluding hydrogens is 289 g/mol. The van der Waals surface area contributed by atoms with Gasteiger partial charge >= 0.3 is 5.69 Å². The molecule has 0 radical (unpaired) electrons. The largest absolute Gasteiger partial charge is 0.319 e. The molecule has 1 N–H and O–H groups in total. The second kappa shape index (κ2) is 5.61. The Kier molecular flexibility index (Phi) is 3.88. The van der Waals surface area contributed by atoms with Crippen molar-refractivity contribution in [3.05, 3.63) is 69.5 Å². The number of halogens is 3. The molecule has 0 heterocycles. The van der Waals surface area contributed by atoms with Crippen molar-refractivity contribution in [1.29, 1.82) is 0 Å². The number of benzene rings is 2. The molecule has 0 aromatic heterocycles. The number of nitro benzene ring substituents is 1. The normalized spacial score (nSPS) is 10.2. The molecular formula is C13H7F3N2O3. The van der Waals surface area contributed by atoms with E-state index in [-0.39, 0.29) is 5.56 Å². The van der Waals surface area contributed by atoms with Crippen molar-refractivity contribution in [2.75, 3.05) is 5.32 Å². The molecule has 0 aliphatic heterocycles. The molecule has 21 heavy (non-hydrogen) atoms. The van der Waals surface area contributed by atoms with Crippen LogP contribution in [0.1, 0.15) is 10.4 Å². The first-order valence-corrected chi connectivity index (χ1v) is 5.59. The van der Waals surface area contributed by atoms with E-state index in [1.165, 1.54) is 6.07 Å². The van der Waals surface area contributed by atoms with Gasteiger partial charge in [-0.1, -0.05) is 6.07 Å².